The van der Waals surface area contributed by atoms with Gasteiger partial charge in [0, 0.05) is 31.6 Å². The van der Waals surface area contributed by atoms with Gasteiger partial charge in [-0.05, 0) is 39.6 Å². The molecular weight excluding hydrogens is 412 g/mol. The van der Waals surface area contributed by atoms with E-state index < -0.39 is 10.0 Å². The summed E-state index contributed by atoms with van der Waals surface area (Å²) in [5, 5.41) is 11.7. The SMILES string of the molecule is O=c1n(CN2CCN(S(=O)(=O)/C=C/c3ccccc3)CC2)nnn1-c1cccs1. The van der Waals surface area contributed by atoms with E-state index in [4.69, 9.17) is 0 Å². The van der Waals surface area contributed by atoms with Crippen LogP contribution in [-0.4, -0.2) is 63.6 Å². The van der Waals surface area contributed by atoms with E-state index in [1.165, 1.54) is 30.4 Å². The first-order valence-corrected chi connectivity index (χ1v) is 11.4. The minimum atomic E-state index is -3.48. The van der Waals surface area contributed by atoms with E-state index in [2.05, 4.69) is 10.4 Å². The molecule has 4 rings (SSSR count). The molecule has 0 amide bonds. The standard InChI is InChI=1S/C18H20N6O3S2/c25-18-23(19-20-24(18)17-7-4-13-28-17)15-21-9-11-22(12-10-21)29(26,27)14-8-16-5-2-1-3-6-16/h1-8,13-14H,9-12,15H2/b14-8+. The van der Waals surface area contributed by atoms with Crippen molar-refractivity contribution in [2.24, 2.45) is 0 Å². The summed E-state index contributed by atoms with van der Waals surface area (Å²) in [6, 6.07) is 13.0. The zero-order valence-electron chi connectivity index (χ0n) is 15.5. The lowest BCUT2D eigenvalue weighted by molar-refractivity contribution is 0.143. The Bertz CT molecular complexity index is 1130. The number of thiophene rings is 1. The first-order chi connectivity index (χ1) is 14.0. The Labute approximate surface area is 172 Å². The number of hydrogen-bond acceptors (Lipinski definition) is 7. The van der Waals surface area contributed by atoms with Crippen molar-refractivity contribution in [1.29, 1.82) is 0 Å². The topological polar surface area (TPSA) is 93.3 Å². The summed E-state index contributed by atoms with van der Waals surface area (Å²) in [6.07, 6.45) is 1.60. The maximum absolute atomic E-state index is 12.6. The summed E-state index contributed by atoms with van der Waals surface area (Å²) in [5.41, 5.74) is 0.524. The maximum Gasteiger partial charge on any atom is 0.370 e. The number of hydrogen-bond donors (Lipinski definition) is 0. The van der Waals surface area contributed by atoms with Crippen molar-refractivity contribution < 1.29 is 8.42 Å². The molecule has 11 heteroatoms. The largest absolute Gasteiger partial charge is 0.370 e. The molecule has 0 spiro atoms. The highest BCUT2D eigenvalue weighted by Crippen LogP contribution is 2.13. The lowest BCUT2D eigenvalue weighted by atomic mass is 10.2. The molecule has 9 nitrogen and oxygen atoms in total. The zero-order valence-corrected chi connectivity index (χ0v) is 17.2. The summed E-state index contributed by atoms with van der Waals surface area (Å²) in [7, 11) is -3.48. The lowest BCUT2D eigenvalue weighted by Gasteiger charge is -2.32. The van der Waals surface area contributed by atoms with E-state index >= 15 is 0 Å². The second-order valence-corrected chi connectivity index (χ2v) is 9.29. The van der Waals surface area contributed by atoms with Gasteiger partial charge in [0.15, 0.2) is 0 Å². The molecule has 1 aliphatic rings. The number of rotatable bonds is 6. The van der Waals surface area contributed by atoms with Crippen molar-refractivity contribution in [3.8, 4) is 5.00 Å². The van der Waals surface area contributed by atoms with Crippen LogP contribution in [0.1, 0.15) is 5.56 Å². The molecule has 3 heterocycles. The highest BCUT2D eigenvalue weighted by atomic mass is 32.2. The molecule has 0 radical (unpaired) electrons. The van der Waals surface area contributed by atoms with Gasteiger partial charge in [-0.2, -0.15) is 13.7 Å². The first-order valence-electron chi connectivity index (χ1n) is 9.05. The molecule has 29 heavy (non-hydrogen) atoms. The third-order valence-electron chi connectivity index (χ3n) is 4.61. The van der Waals surface area contributed by atoms with E-state index in [9.17, 15) is 13.2 Å². The van der Waals surface area contributed by atoms with Crippen LogP contribution in [0, 0.1) is 0 Å². The van der Waals surface area contributed by atoms with Gasteiger partial charge in [0.25, 0.3) is 0 Å². The third kappa shape index (κ3) is 4.53. The van der Waals surface area contributed by atoms with Crippen molar-refractivity contribution in [2.75, 3.05) is 26.2 Å². The summed E-state index contributed by atoms with van der Waals surface area (Å²) in [4.78, 5) is 14.4. The van der Waals surface area contributed by atoms with Crippen LogP contribution in [0.3, 0.4) is 0 Å². The number of tetrazole rings is 1. The maximum atomic E-state index is 12.6. The first kappa shape index (κ1) is 19.7. The molecule has 0 N–H and O–H groups in total. The van der Waals surface area contributed by atoms with Crippen molar-refractivity contribution in [1.82, 2.24) is 29.0 Å². The quantitative estimate of drug-likeness (QED) is 0.578. The normalized spacial score (nSPS) is 16.6. The molecule has 3 aromatic rings. The van der Waals surface area contributed by atoms with Gasteiger partial charge >= 0.3 is 5.69 Å². The number of aromatic nitrogens is 4. The molecule has 152 valence electrons. The Kier molecular flexibility index (Phi) is 5.72. The smallest absolute Gasteiger partial charge is 0.282 e. The van der Waals surface area contributed by atoms with Crippen LogP contribution in [0.15, 0.2) is 58.0 Å². The molecule has 0 aliphatic carbocycles. The summed E-state index contributed by atoms with van der Waals surface area (Å²) in [5.74, 6) is 0. The van der Waals surface area contributed by atoms with Gasteiger partial charge in [-0.1, -0.05) is 30.3 Å². The molecule has 1 aromatic carbocycles. The summed E-state index contributed by atoms with van der Waals surface area (Å²) >= 11 is 1.41. The van der Waals surface area contributed by atoms with Gasteiger partial charge in [0.1, 0.15) is 11.7 Å². The van der Waals surface area contributed by atoms with E-state index in [1.807, 2.05) is 46.7 Å². The molecule has 1 aliphatic heterocycles. The van der Waals surface area contributed by atoms with Crippen molar-refractivity contribution in [2.45, 2.75) is 6.67 Å². The predicted octanol–water partition coefficient (Wildman–Crippen LogP) is 1.07. The second kappa shape index (κ2) is 8.41. The number of benzene rings is 1. The van der Waals surface area contributed by atoms with Crippen molar-refractivity contribution in [3.05, 3.63) is 69.3 Å². The zero-order chi connectivity index (χ0) is 20.3. The monoisotopic (exact) mass is 432 g/mol. The molecule has 0 bridgehead atoms. The molecule has 0 atom stereocenters. The minimum Gasteiger partial charge on any atom is -0.282 e. The van der Waals surface area contributed by atoms with Gasteiger partial charge in [-0.15, -0.1) is 11.3 Å². The Balaban J connectivity index is 1.36. The average Bonchev–Trinajstić information content (AvgIpc) is 3.38. The second-order valence-electron chi connectivity index (χ2n) is 6.54. The Hall–Kier alpha value is -2.60. The van der Waals surface area contributed by atoms with Crippen LogP contribution in [0.25, 0.3) is 11.1 Å². The fourth-order valence-corrected chi connectivity index (χ4v) is 4.86. The average molecular weight is 433 g/mol. The summed E-state index contributed by atoms with van der Waals surface area (Å²) in [6.45, 7) is 2.01. The molecular formula is C18H20N6O3S2. The van der Waals surface area contributed by atoms with Crippen LogP contribution in [-0.2, 0) is 16.7 Å². The molecule has 2 aromatic heterocycles. The fraction of sp³-hybridized carbons (Fsp3) is 0.278. The van der Waals surface area contributed by atoms with Gasteiger partial charge < -0.3 is 0 Å². The predicted molar refractivity (Wildman–Crippen MR) is 111 cm³/mol. The fourth-order valence-electron chi connectivity index (χ4n) is 3.02. The van der Waals surface area contributed by atoms with Gasteiger partial charge in [0.2, 0.25) is 10.0 Å². The van der Waals surface area contributed by atoms with Gasteiger partial charge in [0.05, 0.1) is 0 Å². The van der Waals surface area contributed by atoms with E-state index in [0.29, 0.717) is 31.2 Å². The van der Waals surface area contributed by atoms with Crippen LogP contribution in [0.5, 0.6) is 0 Å². The molecule has 0 unspecified atom stereocenters. The summed E-state index contributed by atoms with van der Waals surface area (Å²) < 4.78 is 29.1. The number of piperazine rings is 1. The van der Waals surface area contributed by atoms with Crippen molar-refractivity contribution in [3.63, 3.8) is 0 Å². The van der Waals surface area contributed by atoms with Gasteiger partial charge in [-0.25, -0.2) is 13.2 Å². The van der Waals surface area contributed by atoms with E-state index in [0.717, 1.165) is 5.56 Å². The highest BCUT2D eigenvalue weighted by Gasteiger charge is 2.25. The molecule has 1 fully saturated rings. The Morgan fingerprint density at radius 2 is 1.76 bits per heavy atom. The van der Waals surface area contributed by atoms with Crippen LogP contribution in [0.4, 0.5) is 0 Å². The molecule has 0 saturated carbocycles. The van der Waals surface area contributed by atoms with Crippen molar-refractivity contribution >= 4 is 27.4 Å². The number of nitrogens with zero attached hydrogens (tertiary/aromatic N) is 6. The van der Waals surface area contributed by atoms with E-state index in [-0.39, 0.29) is 12.4 Å². The van der Waals surface area contributed by atoms with Crippen LogP contribution < -0.4 is 5.69 Å². The molecule has 1 saturated heterocycles. The van der Waals surface area contributed by atoms with Gasteiger partial charge in [-0.3, -0.25) is 4.90 Å². The Morgan fingerprint density at radius 1 is 1.00 bits per heavy atom. The van der Waals surface area contributed by atoms with E-state index in [1.54, 1.807) is 12.1 Å². The minimum absolute atomic E-state index is 0.276. The number of sulfonamides is 1. The van der Waals surface area contributed by atoms with Crippen LogP contribution >= 0.6 is 11.3 Å². The Morgan fingerprint density at radius 3 is 2.45 bits per heavy atom. The highest BCUT2D eigenvalue weighted by molar-refractivity contribution is 7.92. The lowest BCUT2D eigenvalue weighted by Crippen LogP contribution is -2.49. The van der Waals surface area contributed by atoms with Crippen LogP contribution in [0.2, 0.25) is 0 Å². The third-order valence-corrected chi connectivity index (χ3v) is 7.02.